The monoisotopic (exact) mass is 220 g/mol. The lowest BCUT2D eigenvalue weighted by molar-refractivity contribution is 0.693. The van der Waals surface area contributed by atoms with Gasteiger partial charge in [0.05, 0.1) is 5.38 Å². The van der Waals surface area contributed by atoms with E-state index < -0.39 is 0 Å². The minimum absolute atomic E-state index is 0.262. The maximum atomic E-state index is 6.14. The van der Waals surface area contributed by atoms with E-state index in [4.69, 9.17) is 11.6 Å². The molecule has 0 nitrogen and oxygen atoms in total. The predicted molar refractivity (Wildman–Crippen MR) is 66.5 cm³/mol. The van der Waals surface area contributed by atoms with Gasteiger partial charge in [0.25, 0.3) is 0 Å². The van der Waals surface area contributed by atoms with Crippen molar-refractivity contribution in [3.05, 3.63) is 47.0 Å². The summed E-state index contributed by atoms with van der Waals surface area (Å²) in [6, 6.07) is 8.60. The lowest BCUT2D eigenvalue weighted by Gasteiger charge is -2.17. The van der Waals surface area contributed by atoms with Crippen molar-refractivity contribution in [3.63, 3.8) is 0 Å². The molecule has 2 rings (SSSR count). The van der Waals surface area contributed by atoms with Gasteiger partial charge in [0, 0.05) is 0 Å². The number of aryl methyl sites for hydroxylation is 1. The Hall–Kier alpha value is -0.750. The Kier molecular flexibility index (Phi) is 3.48. The smallest absolute Gasteiger partial charge is 0.0518 e. The molecule has 0 aromatic heterocycles. The van der Waals surface area contributed by atoms with Gasteiger partial charge in [-0.1, -0.05) is 35.9 Å². The van der Waals surface area contributed by atoms with E-state index in [1.165, 1.54) is 29.5 Å². The fourth-order valence-corrected chi connectivity index (χ4v) is 2.48. The number of benzene rings is 1. The van der Waals surface area contributed by atoms with Gasteiger partial charge in [-0.15, -0.1) is 11.6 Å². The minimum atomic E-state index is 0.262. The zero-order valence-corrected chi connectivity index (χ0v) is 9.93. The SMILES string of the molecule is Cc1ccccc1CC1=CC(Cl)CCC1. The van der Waals surface area contributed by atoms with Crippen molar-refractivity contribution in [3.8, 4) is 0 Å². The molecule has 1 heteroatoms. The first kappa shape index (κ1) is 10.8. The van der Waals surface area contributed by atoms with Crippen molar-refractivity contribution >= 4 is 11.6 Å². The molecular formula is C14H17Cl. The normalized spacial score (nSPS) is 21.2. The summed E-state index contributed by atoms with van der Waals surface area (Å²) in [6.07, 6.45) is 6.93. The van der Waals surface area contributed by atoms with E-state index in [9.17, 15) is 0 Å². The van der Waals surface area contributed by atoms with Crippen LogP contribution in [0.25, 0.3) is 0 Å². The van der Waals surface area contributed by atoms with Gasteiger partial charge in [-0.05, 0) is 43.7 Å². The number of alkyl halides is 1. The van der Waals surface area contributed by atoms with Gasteiger partial charge in [0.1, 0.15) is 0 Å². The molecule has 0 saturated heterocycles. The molecule has 1 aromatic rings. The number of rotatable bonds is 2. The van der Waals surface area contributed by atoms with Crippen LogP contribution in [-0.4, -0.2) is 5.38 Å². The molecule has 0 bridgehead atoms. The summed E-state index contributed by atoms with van der Waals surface area (Å²) >= 11 is 6.14. The van der Waals surface area contributed by atoms with Crippen LogP contribution in [0, 0.1) is 6.92 Å². The van der Waals surface area contributed by atoms with Crippen LogP contribution >= 0.6 is 11.6 Å². The first-order valence-corrected chi connectivity index (χ1v) is 6.07. The first-order chi connectivity index (χ1) is 7.25. The van der Waals surface area contributed by atoms with E-state index in [1.54, 1.807) is 0 Å². The Labute approximate surface area is 97.0 Å². The molecule has 1 aliphatic rings. The van der Waals surface area contributed by atoms with Gasteiger partial charge >= 0.3 is 0 Å². The second kappa shape index (κ2) is 4.85. The van der Waals surface area contributed by atoms with Gasteiger partial charge in [0.2, 0.25) is 0 Å². The summed E-state index contributed by atoms with van der Waals surface area (Å²) in [5.41, 5.74) is 4.33. The Morgan fingerprint density at radius 1 is 1.33 bits per heavy atom. The first-order valence-electron chi connectivity index (χ1n) is 5.64. The highest BCUT2D eigenvalue weighted by Gasteiger charge is 2.11. The van der Waals surface area contributed by atoms with E-state index in [2.05, 4.69) is 37.3 Å². The molecule has 0 fully saturated rings. The number of hydrogen-bond acceptors (Lipinski definition) is 0. The topological polar surface area (TPSA) is 0 Å². The maximum Gasteiger partial charge on any atom is 0.0518 e. The van der Waals surface area contributed by atoms with Crippen molar-refractivity contribution < 1.29 is 0 Å². The average Bonchev–Trinajstić information content (AvgIpc) is 2.22. The third kappa shape index (κ3) is 2.85. The van der Waals surface area contributed by atoms with Crippen LogP contribution < -0.4 is 0 Å². The zero-order valence-electron chi connectivity index (χ0n) is 9.17. The molecule has 0 aliphatic heterocycles. The van der Waals surface area contributed by atoms with Crippen LogP contribution in [0.5, 0.6) is 0 Å². The van der Waals surface area contributed by atoms with E-state index in [1.807, 2.05) is 0 Å². The van der Waals surface area contributed by atoms with Crippen LogP contribution in [0.3, 0.4) is 0 Å². The Bertz CT molecular complexity index is 365. The highest BCUT2D eigenvalue weighted by molar-refractivity contribution is 6.21. The molecule has 15 heavy (non-hydrogen) atoms. The third-order valence-electron chi connectivity index (χ3n) is 3.07. The number of halogens is 1. The van der Waals surface area contributed by atoms with Crippen molar-refractivity contribution in [2.45, 2.75) is 38.0 Å². The van der Waals surface area contributed by atoms with Crippen LogP contribution in [-0.2, 0) is 6.42 Å². The molecule has 80 valence electrons. The highest BCUT2D eigenvalue weighted by atomic mass is 35.5. The molecule has 0 radical (unpaired) electrons. The maximum absolute atomic E-state index is 6.14. The Morgan fingerprint density at radius 3 is 2.87 bits per heavy atom. The largest absolute Gasteiger partial charge is 0.118 e. The van der Waals surface area contributed by atoms with Crippen molar-refractivity contribution in [1.82, 2.24) is 0 Å². The van der Waals surface area contributed by atoms with E-state index in [0.29, 0.717) is 0 Å². The number of hydrogen-bond donors (Lipinski definition) is 0. The van der Waals surface area contributed by atoms with Crippen LogP contribution in [0.15, 0.2) is 35.9 Å². The van der Waals surface area contributed by atoms with E-state index in [-0.39, 0.29) is 5.38 Å². The second-order valence-corrected chi connectivity index (χ2v) is 4.90. The standard InChI is InChI=1S/C14H17Cl/c1-11-5-2-3-7-13(11)9-12-6-4-8-14(15)10-12/h2-3,5,7,10,14H,4,6,8-9H2,1H3. The molecule has 1 aromatic carbocycles. The van der Waals surface area contributed by atoms with Gasteiger partial charge in [-0.3, -0.25) is 0 Å². The van der Waals surface area contributed by atoms with Gasteiger partial charge in [0.15, 0.2) is 0 Å². The van der Waals surface area contributed by atoms with E-state index >= 15 is 0 Å². The molecule has 1 atom stereocenters. The van der Waals surface area contributed by atoms with Crippen molar-refractivity contribution in [2.24, 2.45) is 0 Å². The zero-order chi connectivity index (χ0) is 10.7. The summed E-state index contributed by atoms with van der Waals surface area (Å²) in [5, 5.41) is 0.262. The van der Waals surface area contributed by atoms with E-state index in [0.717, 1.165) is 12.8 Å². The molecule has 0 N–H and O–H groups in total. The molecule has 0 spiro atoms. The molecule has 0 heterocycles. The summed E-state index contributed by atoms with van der Waals surface area (Å²) in [6.45, 7) is 2.18. The molecule has 1 unspecified atom stereocenters. The van der Waals surface area contributed by atoms with Crippen LogP contribution in [0.4, 0.5) is 0 Å². The summed E-state index contributed by atoms with van der Waals surface area (Å²) in [4.78, 5) is 0. The Balaban J connectivity index is 2.12. The van der Waals surface area contributed by atoms with Crippen LogP contribution in [0.2, 0.25) is 0 Å². The highest BCUT2D eigenvalue weighted by Crippen LogP contribution is 2.25. The summed E-state index contributed by atoms with van der Waals surface area (Å²) < 4.78 is 0. The van der Waals surface area contributed by atoms with Gasteiger partial charge in [-0.25, -0.2) is 0 Å². The molecule has 0 saturated carbocycles. The molecule has 1 aliphatic carbocycles. The summed E-state index contributed by atoms with van der Waals surface area (Å²) in [7, 11) is 0. The lowest BCUT2D eigenvalue weighted by atomic mass is 9.92. The van der Waals surface area contributed by atoms with Gasteiger partial charge < -0.3 is 0 Å². The Morgan fingerprint density at radius 2 is 2.13 bits per heavy atom. The van der Waals surface area contributed by atoms with Gasteiger partial charge in [-0.2, -0.15) is 0 Å². The van der Waals surface area contributed by atoms with Crippen LogP contribution in [0.1, 0.15) is 30.4 Å². The minimum Gasteiger partial charge on any atom is -0.118 e. The lowest BCUT2D eigenvalue weighted by Crippen LogP contribution is -2.05. The number of allylic oxidation sites excluding steroid dienone is 2. The average molecular weight is 221 g/mol. The summed E-state index contributed by atoms with van der Waals surface area (Å²) in [5.74, 6) is 0. The second-order valence-electron chi connectivity index (χ2n) is 4.34. The molecule has 0 amide bonds. The third-order valence-corrected chi connectivity index (χ3v) is 3.42. The fraction of sp³-hybridized carbons (Fsp3) is 0.429. The van der Waals surface area contributed by atoms with Crippen molar-refractivity contribution in [2.75, 3.05) is 0 Å². The quantitative estimate of drug-likeness (QED) is 0.516. The van der Waals surface area contributed by atoms with Crippen molar-refractivity contribution in [1.29, 1.82) is 0 Å². The fourth-order valence-electron chi connectivity index (χ4n) is 2.15. The molecular weight excluding hydrogens is 204 g/mol. The predicted octanol–water partition coefficient (Wildman–Crippen LogP) is 4.26.